The number of halogens is 1. The quantitative estimate of drug-likeness (QED) is 0.914. The summed E-state index contributed by atoms with van der Waals surface area (Å²) in [6, 6.07) is 10.2. The van der Waals surface area contributed by atoms with E-state index in [0.717, 1.165) is 38.0 Å². The molecule has 4 rings (SSSR count). The maximum Gasteiger partial charge on any atom is 0.240 e. The Balaban J connectivity index is 0.00000156. The van der Waals surface area contributed by atoms with Gasteiger partial charge in [0, 0.05) is 25.1 Å². The van der Waals surface area contributed by atoms with Gasteiger partial charge in [0.05, 0.1) is 23.6 Å². The fraction of sp³-hybridized carbons (Fsp3) is 0.412. The second-order valence-electron chi connectivity index (χ2n) is 6.02. The summed E-state index contributed by atoms with van der Waals surface area (Å²) in [4.78, 5) is 14.5. The van der Waals surface area contributed by atoms with E-state index in [2.05, 4.69) is 22.5 Å². The van der Waals surface area contributed by atoms with Gasteiger partial charge in [-0.25, -0.2) is 4.68 Å². The number of hydrogen-bond acceptors (Lipinski definition) is 3. The lowest BCUT2D eigenvalue weighted by molar-refractivity contribution is -0.134. The highest BCUT2D eigenvalue weighted by Crippen LogP contribution is 2.23. The van der Waals surface area contributed by atoms with Gasteiger partial charge >= 0.3 is 0 Å². The molecule has 1 amide bonds. The molecule has 1 saturated heterocycles. The predicted molar refractivity (Wildman–Crippen MR) is 91.0 cm³/mol. The molecular weight excluding hydrogens is 312 g/mol. The average Bonchev–Trinajstić information content (AvgIpc) is 3.24. The largest absolute Gasteiger partial charge is 0.336 e. The van der Waals surface area contributed by atoms with Crippen LogP contribution in [0.15, 0.2) is 36.5 Å². The van der Waals surface area contributed by atoms with Crippen molar-refractivity contribution in [2.24, 2.45) is 0 Å². The number of hydrogen-bond donors (Lipinski definition) is 1. The second kappa shape index (κ2) is 6.72. The van der Waals surface area contributed by atoms with Gasteiger partial charge in [-0.05, 0) is 31.5 Å². The molecule has 122 valence electrons. The predicted octanol–water partition coefficient (Wildman–Crippen LogP) is 1.93. The molecule has 1 N–H and O–H groups in total. The minimum absolute atomic E-state index is 0. The lowest BCUT2D eigenvalue weighted by atomic mass is 10.1. The van der Waals surface area contributed by atoms with E-state index < -0.39 is 0 Å². The van der Waals surface area contributed by atoms with Gasteiger partial charge in [0.2, 0.25) is 5.91 Å². The van der Waals surface area contributed by atoms with Crippen molar-refractivity contribution >= 4 is 18.3 Å². The van der Waals surface area contributed by atoms with Crippen molar-refractivity contribution in [3.05, 3.63) is 47.8 Å². The van der Waals surface area contributed by atoms with Crippen molar-refractivity contribution < 1.29 is 4.79 Å². The van der Waals surface area contributed by atoms with Crippen LogP contribution >= 0.6 is 12.4 Å². The molecule has 0 radical (unpaired) electrons. The summed E-state index contributed by atoms with van der Waals surface area (Å²) in [5, 5.41) is 7.82. The third kappa shape index (κ3) is 2.99. The molecule has 0 saturated carbocycles. The molecule has 2 aliphatic heterocycles. The van der Waals surface area contributed by atoms with Crippen LogP contribution in [0.3, 0.4) is 0 Å². The number of rotatable bonds is 2. The first-order valence-corrected chi connectivity index (χ1v) is 7.96. The van der Waals surface area contributed by atoms with E-state index in [1.807, 2.05) is 34.0 Å². The maximum absolute atomic E-state index is 12.5. The number of para-hydroxylation sites is 1. The van der Waals surface area contributed by atoms with Crippen LogP contribution in [0.5, 0.6) is 0 Å². The molecule has 1 unspecified atom stereocenters. The van der Waals surface area contributed by atoms with E-state index in [9.17, 15) is 4.79 Å². The Morgan fingerprint density at radius 1 is 1.26 bits per heavy atom. The monoisotopic (exact) mass is 332 g/mol. The fourth-order valence-corrected chi connectivity index (χ4v) is 3.43. The Kier molecular flexibility index (Phi) is 4.68. The average molecular weight is 333 g/mol. The van der Waals surface area contributed by atoms with Gasteiger partial charge in [0.1, 0.15) is 0 Å². The van der Waals surface area contributed by atoms with Crippen LogP contribution in [0.2, 0.25) is 0 Å². The Morgan fingerprint density at radius 2 is 2.09 bits per heavy atom. The fourth-order valence-electron chi connectivity index (χ4n) is 3.43. The van der Waals surface area contributed by atoms with E-state index in [1.165, 1.54) is 11.3 Å². The van der Waals surface area contributed by atoms with Crippen LogP contribution in [-0.4, -0.2) is 39.7 Å². The summed E-state index contributed by atoms with van der Waals surface area (Å²) in [7, 11) is 0. The van der Waals surface area contributed by atoms with Crippen LogP contribution in [0.25, 0.3) is 5.69 Å². The zero-order valence-electron chi connectivity index (χ0n) is 12.9. The molecular formula is C17H21ClN4O. The molecule has 1 fully saturated rings. The molecule has 0 aliphatic carbocycles. The van der Waals surface area contributed by atoms with E-state index in [0.29, 0.717) is 6.54 Å². The molecule has 0 bridgehead atoms. The van der Waals surface area contributed by atoms with Gasteiger partial charge in [0.25, 0.3) is 0 Å². The highest BCUT2D eigenvalue weighted by Gasteiger charge is 2.30. The Hall–Kier alpha value is -1.85. The number of nitrogens with one attached hydrogen (secondary N) is 1. The number of carbonyl (C=O) groups excluding carboxylic acids is 1. The molecule has 6 heteroatoms. The third-order valence-corrected chi connectivity index (χ3v) is 4.61. The summed E-state index contributed by atoms with van der Waals surface area (Å²) in [6.07, 6.45) is 4.83. The van der Waals surface area contributed by atoms with Crippen LogP contribution in [-0.2, 0) is 17.8 Å². The van der Waals surface area contributed by atoms with Gasteiger partial charge in [-0.15, -0.1) is 12.4 Å². The van der Waals surface area contributed by atoms with E-state index >= 15 is 0 Å². The molecule has 3 heterocycles. The number of fused-ring (bicyclic) bond motifs is 1. The number of amides is 1. The van der Waals surface area contributed by atoms with Crippen LogP contribution in [0.4, 0.5) is 0 Å². The topological polar surface area (TPSA) is 50.2 Å². The van der Waals surface area contributed by atoms with Crippen molar-refractivity contribution in [1.82, 2.24) is 20.0 Å². The lowest BCUT2D eigenvalue weighted by Gasteiger charge is -2.29. The summed E-state index contributed by atoms with van der Waals surface area (Å²) in [5.74, 6) is 0.246. The van der Waals surface area contributed by atoms with Gasteiger partial charge < -0.3 is 10.2 Å². The van der Waals surface area contributed by atoms with Crippen molar-refractivity contribution in [1.29, 1.82) is 0 Å². The number of benzene rings is 1. The van der Waals surface area contributed by atoms with Crippen LogP contribution in [0, 0.1) is 0 Å². The molecule has 0 spiro atoms. The van der Waals surface area contributed by atoms with E-state index in [4.69, 9.17) is 0 Å². The highest BCUT2D eigenvalue weighted by molar-refractivity contribution is 5.85. The summed E-state index contributed by atoms with van der Waals surface area (Å²) < 4.78 is 2.00. The van der Waals surface area contributed by atoms with Gasteiger partial charge in [-0.3, -0.25) is 4.79 Å². The third-order valence-electron chi connectivity index (χ3n) is 4.61. The van der Waals surface area contributed by atoms with Gasteiger partial charge in [-0.2, -0.15) is 5.10 Å². The smallest absolute Gasteiger partial charge is 0.240 e. The molecule has 1 aromatic heterocycles. The molecule has 2 aliphatic rings. The maximum atomic E-state index is 12.5. The molecule has 1 aromatic carbocycles. The standard InChI is InChI=1S/C17H20N4O.ClH/c22-17(15-7-4-9-18-15)20-10-8-16-13(12-20)11-19-21(16)14-5-2-1-3-6-14;/h1-3,5-6,11,15,18H,4,7-10,12H2;1H. The zero-order valence-corrected chi connectivity index (χ0v) is 13.8. The first kappa shape index (κ1) is 16.0. The molecule has 23 heavy (non-hydrogen) atoms. The summed E-state index contributed by atoms with van der Waals surface area (Å²) >= 11 is 0. The van der Waals surface area contributed by atoms with Crippen molar-refractivity contribution in [3.63, 3.8) is 0 Å². The van der Waals surface area contributed by atoms with Gasteiger partial charge in [0.15, 0.2) is 0 Å². The van der Waals surface area contributed by atoms with E-state index in [-0.39, 0.29) is 24.4 Å². The number of carbonyl (C=O) groups is 1. The molecule has 1 atom stereocenters. The minimum Gasteiger partial charge on any atom is -0.336 e. The Bertz CT molecular complexity index is 679. The Morgan fingerprint density at radius 3 is 2.83 bits per heavy atom. The molecule has 5 nitrogen and oxygen atoms in total. The molecule has 2 aromatic rings. The lowest BCUT2D eigenvalue weighted by Crippen LogP contribution is -2.45. The van der Waals surface area contributed by atoms with Crippen molar-refractivity contribution in [2.75, 3.05) is 13.1 Å². The first-order valence-electron chi connectivity index (χ1n) is 7.96. The zero-order chi connectivity index (χ0) is 14.9. The SMILES string of the molecule is Cl.O=C(C1CCCN1)N1CCc2c(cnn2-c2ccccc2)C1. The normalized spacial score (nSPS) is 20.0. The minimum atomic E-state index is 0. The van der Waals surface area contributed by atoms with Gasteiger partial charge in [-0.1, -0.05) is 18.2 Å². The number of aromatic nitrogens is 2. The highest BCUT2D eigenvalue weighted by atomic mass is 35.5. The van der Waals surface area contributed by atoms with E-state index in [1.54, 1.807) is 0 Å². The summed E-state index contributed by atoms with van der Waals surface area (Å²) in [6.45, 7) is 2.42. The van der Waals surface area contributed by atoms with Crippen molar-refractivity contribution in [3.8, 4) is 5.69 Å². The van der Waals surface area contributed by atoms with Crippen LogP contribution < -0.4 is 5.32 Å². The Labute approximate surface area is 142 Å². The van der Waals surface area contributed by atoms with Crippen LogP contribution in [0.1, 0.15) is 24.1 Å². The summed E-state index contributed by atoms with van der Waals surface area (Å²) in [5.41, 5.74) is 3.48. The number of nitrogens with zero attached hydrogens (tertiary/aromatic N) is 3. The van der Waals surface area contributed by atoms with Crippen molar-refractivity contribution in [2.45, 2.75) is 31.8 Å². The second-order valence-corrected chi connectivity index (χ2v) is 6.02. The first-order chi connectivity index (χ1) is 10.8.